The van der Waals surface area contributed by atoms with Gasteiger partial charge < -0.3 is 0 Å². The lowest BCUT2D eigenvalue weighted by molar-refractivity contribution is 0.777. The average molecular weight is 384 g/mol. The summed E-state index contributed by atoms with van der Waals surface area (Å²) < 4.78 is 0. The first-order valence-electron chi connectivity index (χ1n) is 10.3. The Morgan fingerprint density at radius 3 is 1.77 bits per heavy atom. The summed E-state index contributed by atoms with van der Waals surface area (Å²) in [4.78, 5) is 0. The highest BCUT2D eigenvalue weighted by Gasteiger charge is 2.53. The van der Waals surface area contributed by atoms with E-state index in [-0.39, 0.29) is 0 Å². The topological polar surface area (TPSA) is 0 Å². The molecule has 2 heteroatoms. The first-order valence-corrected chi connectivity index (χ1v) is 14.5. The van der Waals surface area contributed by atoms with Crippen LogP contribution in [0.1, 0.15) is 53.4 Å². The van der Waals surface area contributed by atoms with Gasteiger partial charge in [-0.15, -0.1) is 0 Å². The summed E-state index contributed by atoms with van der Waals surface area (Å²) in [5, 5.41) is 6.21. The van der Waals surface area contributed by atoms with Crippen LogP contribution in [0.15, 0.2) is 36.4 Å². The molecule has 2 heterocycles. The Kier molecular flexibility index (Phi) is 4.77. The standard InChI is InChI=1S/C24H34P2/c1-17-11-12-18(2)25(17,5)23-16-15-21-9-7-8-10-22(21)24(23)26(6)19(3)13-14-20(26)4/h7-10,15-20H,5-6,11-14H2,1-4H3/t17-,18-,19-,20-/m1/s1. The van der Waals surface area contributed by atoms with E-state index in [1.807, 2.05) is 0 Å². The molecule has 140 valence electrons. The number of benzene rings is 2. The Bertz CT molecular complexity index is 804. The molecular weight excluding hydrogens is 350 g/mol. The zero-order valence-corrected chi connectivity index (χ0v) is 18.7. The van der Waals surface area contributed by atoms with E-state index in [9.17, 15) is 0 Å². The molecule has 2 fully saturated rings. The minimum Gasteiger partial charge on any atom is -0.174 e. The highest BCUT2D eigenvalue weighted by atomic mass is 31.2. The molecular formula is C24H34P2. The summed E-state index contributed by atoms with van der Waals surface area (Å²) in [6.45, 7) is 20.0. The van der Waals surface area contributed by atoms with Crippen molar-refractivity contribution in [3.8, 4) is 0 Å². The minimum absolute atomic E-state index is 0.738. The molecule has 0 unspecified atom stereocenters. The maximum Gasteiger partial charge on any atom is 0.112 e. The number of hydrogen-bond donors (Lipinski definition) is 0. The molecule has 26 heavy (non-hydrogen) atoms. The normalized spacial score (nSPS) is 33.0. The van der Waals surface area contributed by atoms with Gasteiger partial charge in [-0.3, -0.25) is 0 Å². The van der Waals surface area contributed by atoms with E-state index < -0.39 is 14.5 Å². The van der Waals surface area contributed by atoms with Crippen LogP contribution in [0.4, 0.5) is 0 Å². The van der Waals surface area contributed by atoms with Crippen molar-refractivity contribution in [3.05, 3.63) is 49.7 Å². The molecule has 0 saturated carbocycles. The predicted octanol–water partition coefficient (Wildman–Crippen LogP) is 6.85. The molecule has 0 nitrogen and oxygen atoms in total. The maximum absolute atomic E-state index is 5.07. The lowest BCUT2D eigenvalue weighted by Gasteiger charge is -2.42. The van der Waals surface area contributed by atoms with E-state index in [0.29, 0.717) is 0 Å². The van der Waals surface area contributed by atoms with Gasteiger partial charge in [-0.2, -0.15) is 13.3 Å². The Morgan fingerprint density at radius 1 is 0.692 bits per heavy atom. The molecule has 2 aliphatic heterocycles. The van der Waals surface area contributed by atoms with E-state index in [4.69, 9.17) is 13.3 Å². The first kappa shape index (κ1) is 18.9. The molecule has 0 aliphatic carbocycles. The second-order valence-corrected chi connectivity index (χ2v) is 17.2. The zero-order valence-electron chi connectivity index (χ0n) is 16.9. The van der Waals surface area contributed by atoms with Crippen molar-refractivity contribution in [1.82, 2.24) is 0 Å². The summed E-state index contributed by atoms with van der Waals surface area (Å²) in [5.74, 6) is 0. The van der Waals surface area contributed by atoms with Gasteiger partial charge in [0, 0.05) is 28.0 Å². The van der Waals surface area contributed by atoms with Crippen molar-refractivity contribution < 1.29 is 0 Å². The van der Waals surface area contributed by atoms with Gasteiger partial charge in [-0.25, -0.2) is 0 Å². The SMILES string of the molecule is [CH2-][P+]1(c2ccc3ccccc3c2[P+]2([CH2-])[C@H](C)CC[C@H]2C)[C@H](C)CC[C@H]1C. The fraction of sp³-hybridized carbons (Fsp3) is 0.500. The Labute approximate surface area is 161 Å². The third kappa shape index (κ3) is 2.48. The van der Waals surface area contributed by atoms with Gasteiger partial charge >= 0.3 is 0 Å². The van der Waals surface area contributed by atoms with E-state index in [2.05, 4.69) is 64.1 Å². The fourth-order valence-corrected chi connectivity index (χ4v) is 14.8. The molecule has 0 aromatic heterocycles. The second-order valence-electron chi connectivity index (χ2n) is 9.07. The average Bonchev–Trinajstić information content (AvgIpc) is 3.06. The zero-order chi connectivity index (χ0) is 18.7. The van der Waals surface area contributed by atoms with Gasteiger partial charge in [-0.05, 0) is 64.8 Å². The number of fused-ring (bicyclic) bond motifs is 1. The third-order valence-electron chi connectivity index (χ3n) is 7.89. The first-order chi connectivity index (χ1) is 12.3. The van der Waals surface area contributed by atoms with E-state index in [0.717, 1.165) is 22.6 Å². The van der Waals surface area contributed by atoms with Crippen LogP contribution in [0.25, 0.3) is 10.8 Å². The Hall–Kier alpha value is -0.440. The summed E-state index contributed by atoms with van der Waals surface area (Å²) in [6.07, 6.45) is 5.38. The summed E-state index contributed by atoms with van der Waals surface area (Å²) in [5.41, 5.74) is 2.97. The summed E-state index contributed by atoms with van der Waals surface area (Å²) in [7, 11) is -2.85. The van der Waals surface area contributed by atoms with Crippen LogP contribution >= 0.6 is 14.5 Å². The van der Waals surface area contributed by atoms with Crippen molar-refractivity contribution in [2.75, 3.05) is 0 Å². The summed E-state index contributed by atoms with van der Waals surface area (Å²) in [6, 6.07) is 13.9. The van der Waals surface area contributed by atoms with Crippen LogP contribution in [0.3, 0.4) is 0 Å². The van der Waals surface area contributed by atoms with Crippen LogP contribution < -0.4 is 10.6 Å². The molecule has 4 atom stereocenters. The van der Waals surface area contributed by atoms with Gasteiger partial charge in [0.1, 0.15) is 10.6 Å². The van der Waals surface area contributed by atoms with E-state index >= 15 is 0 Å². The van der Waals surface area contributed by atoms with Gasteiger partial charge in [-0.1, -0.05) is 44.9 Å². The third-order valence-corrected chi connectivity index (χ3v) is 18.0. The van der Waals surface area contributed by atoms with Gasteiger partial charge in [0.15, 0.2) is 0 Å². The maximum atomic E-state index is 5.07. The quantitative estimate of drug-likeness (QED) is 0.392. The van der Waals surface area contributed by atoms with E-state index in [1.165, 1.54) is 36.5 Å². The second kappa shape index (κ2) is 6.57. The van der Waals surface area contributed by atoms with Crippen molar-refractivity contribution in [2.24, 2.45) is 0 Å². The lowest BCUT2D eigenvalue weighted by Crippen LogP contribution is -2.37. The van der Waals surface area contributed by atoms with Crippen molar-refractivity contribution in [2.45, 2.75) is 76.0 Å². The van der Waals surface area contributed by atoms with Crippen molar-refractivity contribution in [1.29, 1.82) is 0 Å². The van der Waals surface area contributed by atoms with Crippen LogP contribution in [-0.2, 0) is 0 Å². The van der Waals surface area contributed by atoms with Crippen LogP contribution in [0, 0.1) is 13.3 Å². The molecule has 0 radical (unpaired) electrons. The van der Waals surface area contributed by atoms with E-state index in [1.54, 1.807) is 10.6 Å². The largest absolute Gasteiger partial charge is 0.174 e. The smallest absolute Gasteiger partial charge is 0.112 e. The predicted molar refractivity (Wildman–Crippen MR) is 124 cm³/mol. The highest BCUT2D eigenvalue weighted by molar-refractivity contribution is 7.91. The molecule has 2 aromatic carbocycles. The molecule has 0 amide bonds. The van der Waals surface area contributed by atoms with Crippen LogP contribution in [0.5, 0.6) is 0 Å². The van der Waals surface area contributed by atoms with Crippen molar-refractivity contribution in [3.63, 3.8) is 0 Å². The minimum atomic E-state index is -1.45. The number of hydrogen-bond acceptors (Lipinski definition) is 0. The molecule has 2 aliphatic rings. The Balaban J connectivity index is 2.07. The van der Waals surface area contributed by atoms with Crippen LogP contribution in [-0.4, -0.2) is 22.6 Å². The van der Waals surface area contributed by atoms with Gasteiger partial charge in [0.2, 0.25) is 0 Å². The Morgan fingerprint density at radius 2 is 1.19 bits per heavy atom. The van der Waals surface area contributed by atoms with Gasteiger partial charge in [0.05, 0.1) is 0 Å². The molecule has 0 bridgehead atoms. The van der Waals surface area contributed by atoms with Gasteiger partial charge in [0.25, 0.3) is 0 Å². The monoisotopic (exact) mass is 384 g/mol. The van der Waals surface area contributed by atoms with Crippen LogP contribution in [0.2, 0.25) is 0 Å². The molecule has 2 aromatic rings. The summed E-state index contributed by atoms with van der Waals surface area (Å²) >= 11 is 0. The molecule has 4 rings (SSSR count). The lowest BCUT2D eigenvalue weighted by atomic mass is 10.1. The molecule has 2 saturated heterocycles. The highest BCUT2D eigenvalue weighted by Crippen LogP contribution is 2.76. The van der Waals surface area contributed by atoms with Crippen molar-refractivity contribution >= 4 is 35.9 Å². The number of rotatable bonds is 2. The fourth-order valence-electron chi connectivity index (χ4n) is 5.69. The molecule has 0 spiro atoms. The molecule has 0 N–H and O–H groups in total.